The van der Waals surface area contributed by atoms with E-state index < -0.39 is 0 Å². The van der Waals surface area contributed by atoms with Gasteiger partial charge in [0.1, 0.15) is 11.4 Å². The van der Waals surface area contributed by atoms with E-state index >= 15 is 0 Å². The van der Waals surface area contributed by atoms with Crippen LogP contribution < -0.4 is 19.9 Å². The van der Waals surface area contributed by atoms with Gasteiger partial charge in [0.25, 0.3) is 0 Å². The number of ether oxygens (including phenoxy) is 3. The second kappa shape index (κ2) is 6.34. The van der Waals surface area contributed by atoms with Crippen molar-refractivity contribution in [2.75, 3.05) is 40.4 Å². The molecule has 1 saturated heterocycles. The van der Waals surface area contributed by atoms with Crippen molar-refractivity contribution in [3.63, 3.8) is 0 Å². The van der Waals surface area contributed by atoms with E-state index in [4.69, 9.17) is 19.9 Å². The number of nitrogens with two attached hydrogens (primary N) is 1. The molecule has 3 rings (SSSR count). The number of methoxy groups -OCH3 is 2. The van der Waals surface area contributed by atoms with Gasteiger partial charge >= 0.3 is 0 Å². The second-order valence-corrected chi connectivity index (χ2v) is 6.27. The molecule has 0 saturated carbocycles. The first-order chi connectivity index (χ1) is 10.7. The molecule has 1 unspecified atom stereocenters. The van der Waals surface area contributed by atoms with Gasteiger partial charge < -0.3 is 19.9 Å². The Morgan fingerprint density at radius 1 is 1.23 bits per heavy atom. The maximum Gasteiger partial charge on any atom is 0.164 e. The smallest absolute Gasteiger partial charge is 0.164 e. The van der Waals surface area contributed by atoms with Gasteiger partial charge in [-0.2, -0.15) is 0 Å². The topological polar surface area (TPSA) is 57.0 Å². The molecule has 1 atom stereocenters. The number of benzene rings is 1. The molecule has 0 radical (unpaired) electrons. The van der Waals surface area contributed by atoms with Crippen molar-refractivity contribution in [1.82, 2.24) is 4.90 Å². The van der Waals surface area contributed by atoms with Crippen molar-refractivity contribution in [1.29, 1.82) is 0 Å². The normalized spacial score (nSPS) is 24.1. The van der Waals surface area contributed by atoms with E-state index in [2.05, 4.69) is 4.90 Å². The predicted octanol–water partition coefficient (Wildman–Crippen LogP) is 1.82. The lowest BCUT2D eigenvalue weighted by Gasteiger charge is -2.36. The van der Waals surface area contributed by atoms with Gasteiger partial charge in [-0.15, -0.1) is 0 Å². The van der Waals surface area contributed by atoms with Crippen LogP contribution in [0.1, 0.15) is 24.8 Å². The van der Waals surface area contributed by atoms with Crippen LogP contribution in [0.4, 0.5) is 0 Å². The summed E-state index contributed by atoms with van der Waals surface area (Å²) in [5, 5.41) is 0. The van der Waals surface area contributed by atoms with Crippen LogP contribution in [0.15, 0.2) is 12.1 Å². The molecule has 0 aromatic heterocycles. The summed E-state index contributed by atoms with van der Waals surface area (Å²) in [4.78, 5) is 2.47. The van der Waals surface area contributed by atoms with Gasteiger partial charge in [-0.25, -0.2) is 0 Å². The van der Waals surface area contributed by atoms with E-state index in [0.29, 0.717) is 0 Å². The molecule has 1 aromatic rings. The minimum absolute atomic E-state index is 0.0405. The van der Waals surface area contributed by atoms with Crippen molar-refractivity contribution in [3.05, 3.63) is 17.7 Å². The van der Waals surface area contributed by atoms with E-state index in [-0.39, 0.29) is 5.60 Å². The maximum atomic E-state index is 6.42. The minimum Gasteiger partial charge on any atom is -0.493 e. The quantitative estimate of drug-likeness (QED) is 0.899. The van der Waals surface area contributed by atoms with E-state index in [1.54, 1.807) is 14.2 Å². The summed E-state index contributed by atoms with van der Waals surface area (Å²) in [6.07, 6.45) is 4.23. The molecule has 0 amide bonds. The number of aryl methyl sites for hydroxylation is 1. The fourth-order valence-electron chi connectivity index (χ4n) is 3.56. The predicted molar refractivity (Wildman–Crippen MR) is 86.0 cm³/mol. The van der Waals surface area contributed by atoms with Crippen LogP contribution in [0.2, 0.25) is 0 Å². The van der Waals surface area contributed by atoms with Crippen molar-refractivity contribution in [3.8, 4) is 17.2 Å². The molecule has 2 heterocycles. The zero-order valence-corrected chi connectivity index (χ0v) is 13.6. The first kappa shape index (κ1) is 15.4. The molecule has 5 heteroatoms. The summed E-state index contributed by atoms with van der Waals surface area (Å²) in [5.74, 6) is 2.46. The first-order valence-corrected chi connectivity index (χ1v) is 8.06. The highest BCUT2D eigenvalue weighted by Gasteiger charge is 2.42. The number of fused-ring (bicyclic) bond motifs is 1. The Morgan fingerprint density at radius 3 is 2.73 bits per heavy atom. The average molecular weight is 306 g/mol. The monoisotopic (exact) mass is 306 g/mol. The van der Waals surface area contributed by atoms with Gasteiger partial charge in [-0.05, 0) is 44.0 Å². The lowest BCUT2D eigenvalue weighted by molar-refractivity contribution is 0.0540. The molecule has 5 nitrogen and oxygen atoms in total. The highest BCUT2D eigenvalue weighted by molar-refractivity contribution is 5.51. The van der Waals surface area contributed by atoms with Gasteiger partial charge in [-0.3, -0.25) is 4.90 Å². The van der Waals surface area contributed by atoms with Gasteiger partial charge in [-0.1, -0.05) is 0 Å². The molecule has 1 fully saturated rings. The standard InChI is InChI=1S/C17H26N2O3/c1-20-15-10-13-4-5-17(22-14(13)11-16(15)21-2)6-9-19(12-17)8-3-7-18/h10-11H,3-9,12,18H2,1-2H3. The van der Waals surface area contributed by atoms with Crippen molar-refractivity contribution in [2.24, 2.45) is 5.73 Å². The molecule has 22 heavy (non-hydrogen) atoms. The van der Waals surface area contributed by atoms with E-state index in [0.717, 1.165) is 69.1 Å². The lowest BCUT2D eigenvalue weighted by atomic mass is 9.90. The van der Waals surface area contributed by atoms with Crippen molar-refractivity contribution >= 4 is 0 Å². The third kappa shape index (κ3) is 2.88. The summed E-state index contributed by atoms with van der Waals surface area (Å²) >= 11 is 0. The third-order valence-electron chi connectivity index (χ3n) is 4.82. The SMILES string of the molecule is COc1cc2c(cc1OC)OC1(CC2)CCN(CCCN)C1. The third-order valence-corrected chi connectivity index (χ3v) is 4.82. The molecule has 122 valence electrons. The Kier molecular flexibility index (Phi) is 4.45. The molecule has 1 aromatic carbocycles. The summed E-state index contributed by atoms with van der Waals surface area (Å²) in [7, 11) is 3.33. The maximum absolute atomic E-state index is 6.42. The van der Waals surface area contributed by atoms with E-state index in [1.165, 1.54) is 5.56 Å². The highest BCUT2D eigenvalue weighted by atomic mass is 16.5. The van der Waals surface area contributed by atoms with Crippen LogP contribution in [-0.4, -0.2) is 50.9 Å². The lowest BCUT2D eigenvalue weighted by Crippen LogP contribution is -2.42. The molecular formula is C17H26N2O3. The van der Waals surface area contributed by atoms with Crippen molar-refractivity contribution < 1.29 is 14.2 Å². The van der Waals surface area contributed by atoms with Crippen LogP contribution >= 0.6 is 0 Å². The molecule has 1 spiro atoms. The molecule has 0 aliphatic carbocycles. The van der Waals surface area contributed by atoms with Gasteiger partial charge in [0.05, 0.1) is 14.2 Å². The van der Waals surface area contributed by atoms with Crippen LogP contribution in [0.25, 0.3) is 0 Å². The average Bonchev–Trinajstić information content (AvgIpc) is 2.94. The Labute approximate surface area is 132 Å². The largest absolute Gasteiger partial charge is 0.493 e. The summed E-state index contributed by atoms with van der Waals surface area (Å²) in [6, 6.07) is 4.01. The zero-order valence-electron chi connectivity index (χ0n) is 13.6. The number of hydrogen-bond donors (Lipinski definition) is 1. The van der Waals surface area contributed by atoms with Gasteiger partial charge in [0.2, 0.25) is 0 Å². The minimum atomic E-state index is -0.0405. The van der Waals surface area contributed by atoms with Gasteiger partial charge in [0.15, 0.2) is 11.5 Å². The molecule has 2 N–H and O–H groups in total. The molecular weight excluding hydrogens is 280 g/mol. The fraction of sp³-hybridized carbons (Fsp3) is 0.647. The van der Waals surface area contributed by atoms with E-state index in [9.17, 15) is 0 Å². The number of nitrogens with zero attached hydrogens (tertiary/aromatic N) is 1. The van der Waals surface area contributed by atoms with Crippen LogP contribution in [0.3, 0.4) is 0 Å². The summed E-state index contributed by atoms with van der Waals surface area (Å²) in [6.45, 7) is 3.92. The van der Waals surface area contributed by atoms with Crippen LogP contribution in [0.5, 0.6) is 17.2 Å². The number of likely N-dealkylation sites (tertiary alicyclic amines) is 1. The molecule has 2 aliphatic rings. The fourth-order valence-corrected chi connectivity index (χ4v) is 3.56. The Hall–Kier alpha value is -1.46. The zero-order chi connectivity index (χ0) is 15.6. The highest BCUT2D eigenvalue weighted by Crippen LogP contribution is 2.43. The van der Waals surface area contributed by atoms with E-state index in [1.807, 2.05) is 12.1 Å². The number of hydrogen-bond acceptors (Lipinski definition) is 5. The Morgan fingerprint density at radius 2 is 2.00 bits per heavy atom. The Bertz CT molecular complexity index is 535. The summed E-state index contributed by atoms with van der Waals surface area (Å²) < 4.78 is 17.2. The Balaban J connectivity index is 1.76. The van der Waals surface area contributed by atoms with Crippen LogP contribution in [0, 0.1) is 0 Å². The number of rotatable bonds is 5. The van der Waals surface area contributed by atoms with Gasteiger partial charge in [0, 0.05) is 25.6 Å². The first-order valence-electron chi connectivity index (χ1n) is 8.06. The summed E-state index contributed by atoms with van der Waals surface area (Å²) in [5.41, 5.74) is 6.79. The van der Waals surface area contributed by atoms with Crippen molar-refractivity contribution in [2.45, 2.75) is 31.3 Å². The second-order valence-electron chi connectivity index (χ2n) is 6.27. The van der Waals surface area contributed by atoms with Crippen LogP contribution in [-0.2, 0) is 6.42 Å². The molecule has 2 aliphatic heterocycles. The molecule has 0 bridgehead atoms.